The number of nitrogens with one attached hydrogen (secondary N) is 5. The standard InChI is InChI=1S/C35H50N6O13S/c36-21(17-29(46)47)30(48)37-22(11-13-27(42)43)31(49)39-24(15-19-7-3-1-4-8-19)33(51)38-23(12-14-28(44)45)32(50)40-25(16-20-9-5-2-6-10-20)34(52)41-26(18-55)35(53)54/h1,3-4,7-8,20-26,55H,2,5-6,9-18,36H2,(H,37,48)(H,38,51)(H,39,49)(H,40,50)(H,41,52)(H,42,43)(H,44,45)(H,46,47)(H,53,54)/t21-,22-,23-,24-,25-,26-/m0/s1. The molecule has 304 valence electrons. The number of carboxylic acid groups (broad SMARTS) is 4. The van der Waals surface area contributed by atoms with Gasteiger partial charge in [0.05, 0.1) is 12.5 Å². The molecule has 1 saturated carbocycles. The van der Waals surface area contributed by atoms with E-state index in [2.05, 4.69) is 39.2 Å². The average molecular weight is 795 g/mol. The summed E-state index contributed by atoms with van der Waals surface area (Å²) in [5, 5.41) is 49.2. The first-order chi connectivity index (χ1) is 26.0. The molecule has 0 unspecified atom stereocenters. The SMILES string of the molecule is N[C@@H](CC(=O)O)C(=O)N[C@@H](CCC(=O)O)C(=O)N[C@@H](Cc1ccccc1)C(=O)N[C@@H](CCC(=O)O)C(=O)N[C@@H](CC1CCCCC1)C(=O)N[C@@H](CS)C(=O)O. The smallest absolute Gasteiger partial charge is 0.327 e. The van der Waals surface area contributed by atoms with E-state index in [1.54, 1.807) is 30.3 Å². The summed E-state index contributed by atoms with van der Waals surface area (Å²) in [6.45, 7) is 0. The second-order valence-electron chi connectivity index (χ2n) is 13.3. The van der Waals surface area contributed by atoms with Gasteiger partial charge in [-0.25, -0.2) is 4.79 Å². The number of carboxylic acids is 4. The minimum Gasteiger partial charge on any atom is -0.481 e. The van der Waals surface area contributed by atoms with Gasteiger partial charge in [0.25, 0.3) is 0 Å². The van der Waals surface area contributed by atoms with Crippen LogP contribution in [-0.2, 0) is 49.6 Å². The molecule has 1 fully saturated rings. The van der Waals surface area contributed by atoms with E-state index in [0.717, 1.165) is 32.1 Å². The number of hydrogen-bond acceptors (Lipinski definition) is 11. The number of carbonyl (C=O) groups is 9. The van der Waals surface area contributed by atoms with Crippen molar-refractivity contribution in [2.24, 2.45) is 11.7 Å². The van der Waals surface area contributed by atoms with Crippen LogP contribution in [-0.4, -0.2) is 116 Å². The highest BCUT2D eigenvalue weighted by atomic mass is 32.1. The van der Waals surface area contributed by atoms with E-state index in [0.29, 0.717) is 5.56 Å². The zero-order valence-corrected chi connectivity index (χ0v) is 31.0. The highest BCUT2D eigenvalue weighted by molar-refractivity contribution is 7.80. The molecule has 1 aliphatic rings. The summed E-state index contributed by atoms with van der Waals surface area (Å²) >= 11 is 3.97. The van der Waals surface area contributed by atoms with E-state index >= 15 is 0 Å². The van der Waals surface area contributed by atoms with Crippen molar-refractivity contribution in [1.82, 2.24) is 26.6 Å². The Morgan fingerprint density at radius 1 is 0.618 bits per heavy atom. The number of nitrogens with two attached hydrogens (primary N) is 1. The summed E-state index contributed by atoms with van der Waals surface area (Å²) in [5.41, 5.74) is 6.14. The van der Waals surface area contributed by atoms with Crippen LogP contribution in [0.4, 0.5) is 0 Å². The van der Waals surface area contributed by atoms with Crippen LogP contribution >= 0.6 is 12.6 Å². The summed E-state index contributed by atoms with van der Waals surface area (Å²) in [7, 11) is 0. The zero-order valence-electron chi connectivity index (χ0n) is 30.1. The van der Waals surface area contributed by atoms with Crippen molar-refractivity contribution < 1.29 is 63.6 Å². The van der Waals surface area contributed by atoms with Crippen molar-refractivity contribution in [3.8, 4) is 0 Å². The molecule has 5 amide bonds. The Bertz CT molecular complexity index is 1520. The molecule has 19 nitrogen and oxygen atoms in total. The first kappa shape index (κ1) is 45.9. The maximum Gasteiger partial charge on any atom is 0.327 e. The lowest BCUT2D eigenvalue weighted by Gasteiger charge is -2.29. The minimum atomic E-state index is -1.59. The van der Waals surface area contributed by atoms with E-state index in [-0.39, 0.29) is 24.5 Å². The van der Waals surface area contributed by atoms with Crippen LogP contribution in [0.25, 0.3) is 0 Å². The van der Waals surface area contributed by atoms with Gasteiger partial charge in [0.15, 0.2) is 0 Å². The van der Waals surface area contributed by atoms with Crippen LogP contribution in [0, 0.1) is 5.92 Å². The molecular formula is C35H50N6O13S. The number of carbonyl (C=O) groups excluding carboxylic acids is 5. The Morgan fingerprint density at radius 2 is 1.07 bits per heavy atom. The first-order valence-corrected chi connectivity index (χ1v) is 18.4. The van der Waals surface area contributed by atoms with E-state index in [1.165, 1.54) is 0 Å². The summed E-state index contributed by atoms with van der Waals surface area (Å²) in [5.74, 6) is -10.5. The molecule has 0 bridgehead atoms. The van der Waals surface area contributed by atoms with Crippen LogP contribution in [0.3, 0.4) is 0 Å². The van der Waals surface area contributed by atoms with Gasteiger partial charge in [-0.3, -0.25) is 38.4 Å². The van der Waals surface area contributed by atoms with Crippen LogP contribution < -0.4 is 32.3 Å². The van der Waals surface area contributed by atoms with Crippen molar-refractivity contribution in [3.05, 3.63) is 35.9 Å². The topological polar surface area (TPSA) is 321 Å². The lowest BCUT2D eigenvalue weighted by Crippen LogP contribution is -2.60. The normalized spacial score (nSPS) is 16.1. The van der Waals surface area contributed by atoms with Crippen LogP contribution in [0.1, 0.15) is 76.2 Å². The molecule has 0 aliphatic heterocycles. The van der Waals surface area contributed by atoms with E-state index in [4.69, 9.17) is 10.8 Å². The number of hydrogen-bond donors (Lipinski definition) is 11. The van der Waals surface area contributed by atoms with Gasteiger partial charge < -0.3 is 52.7 Å². The Morgan fingerprint density at radius 3 is 1.56 bits per heavy atom. The van der Waals surface area contributed by atoms with E-state index in [1.807, 2.05) is 0 Å². The molecule has 20 heteroatoms. The second kappa shape index (κ2) is 23.5. The van der Waals surface area contributed by atoms with Gasteiger partial charge >= 0.3 is 23.9 Å². The highest BCUT2D eigenvalue weighted by Crippen LogP contribution is 2.27. The quantitative estimate of drug-likeness (QED) is 0.0570. The van der Waals surface area contributed by atoms with Crippen LogP contribution in [0.5, 0.6) is 0 Å². The minimum absolute atomic E-state index is 0.00912. The predicted octanol–water partition coefficient (Wildman–Crippen LogP) is -0.830. The Kier molecular flexibility index (Phi) is 19.6. The van der Waals surface area contributed by atoms with Gasteiger partial charge in [-0.15, -0.1) is 0 Å². The number of rotatable bonds is 24. The van der Waals surface area contributed by atoms with Crippen molar-refractivity contribution in [1.29, 1.82) is 0 Å². The molecule has 0 spiro atoms. The maximum atomic E-state index is 13.9. The highest BCUT2D eigenvalue weighted by Gasteiger charge is 2.34. The largest absolute Gasteiger partial charge is 0.481 e. The fourth-order valence-corrected chi connectivity index (χ4v) is 6.20. The fraction of sp³-hybridized carbons (Fsp3) is 0.571. The maximum absolute atomic E-state index is 13.9. The fourth-order valence-electron chi connectivity index (χ4n) is 5.95. The number of thiol groups is 1. The Balaban J connectivity index is 2.40. The lowest BCUT2D eigenvalue weighted by molar-refractivity contribution is -0.142. The third-order valence-electron chi connectivity index (χ3n) is 8.93. The third kappa shape index (κ3) is 17.2. The second-order valence-corrected chi connectivity index (χ2v) is 13.7. The lowest BCUT2D eigenvalue weighted by atomic mass is 9.84. The number of benzene rings is 1. The summed E-state index contributed by atoms with van der Waals surface area (Å²) < 4.78 is 0. The van der Waals surface area contributed by atoms with E-state index < -0.39 is 122 Å². The molecule has 0 aromatic heterocycles. The predicted molar refractivity (Wildman–Crippen MR) is 196 cm³/mol. The zero-order chi connectivity index (χ0) is 41.1. The Hall–Kier alpha value is -5.24. The number of aliphatic carboxylic acids is 4. The molecule has 0 saturated heterocycles. The number of amides is 5. The monoisotopic (exact) mass is 794 g/mol. The van der Waals surface area contributed by atoms with Gasteiger partial charge in [0.2, 0.25) is 29.5 Å². The van der Waals surface area contributed by atoms with Gasteiger partial charge in [-0.2, -0.15) is 12.6 Å². The van der Waals surface area contributed by atoms with Crippen molar-refractivity contribution in [3.63, 3.8) is 0 Å². The molecule has 1 aromatic carbocycles. The molecule has 0 radical (unpaired) electrons. The summed E-state index contributed by atoms with van der Waals surface area (Å²) in [4.78, 5) is 113. The molecule has 11 N–H and O–H groups in total. The van der Waals surface area contributed by atoms with Crippen molar-refractivity contribution in [2.45, 2.75) is 113 Å². The third-order valence-corrected chi connectivity index (χ3v) is 9.30. The van der Waals surface area contributed by atoms with Gasteiger partial charge in [0, 0.05) is 25.0 Å². The molecule has 55 heavy (non-hydrogen) atoms. The molecule has 6 atom stereocenters. The average Bonchev–Trinajstić information content (AvgIpc) is 3.13. The van der Waals surface area contributed by atoms with Gasteiger partial charge in [0.1, 0.15) is 30.2 Å². The van der Waals surface area contributed by atoms with Crippen molar-refractivity contribution >= 4 is 66.0 Å². The molecule has 2 rings (SSSR count). The van der Waals surface area contributed by atoms with Gasteiger partial charge in [-0.05, 0) is 30.7 Å². The van der Waals surface area contributed by atoms with Crippen LogP contribution in [0.2, 0.25) is 0 Å². The van der Waals surface area contributed by atoms with Gasteiger partial charge in [-0.1, -0.05) is 62.4 Å². The molecule has 1 aromatic rings. The first-order valence-electron chi connectivity index (χ1n) is 17.8. The summed E-state index contributed by atoms with van der Waals surface area (Å²) in [6.07, 6.45) is 1.30. The van der Waals surface area contributed by atoms with Crippen molar-refractivity contribution in [2.75, 3.05) is 5.75 Å². The molecular weight excluding hydrogens is 744 g/mol. The summed E-state index contributed by atoms with van der Waals surface area (Å²) in [6, 6.07) is -0.648. The molecule has 1 aliphatic carbocycles. The Labute approximate surface area is 322 Å². The molecule has 0 heterocycles. The van der Waals surface area contributed by atoms with E-state index in [9.17, 15) is 58.5 Å². The van der Waals surface area contributed by atoms with Crippen LogP contribution in [0.15, 0.2) is 30.3 Å².